The van der Waals surface area contributed by atoms with Gasteiger partial charge in [0.05, 0.1) is 11.7 Å². The Balaban J connectivity index is 1.26. The first-order chi connectivity index (χ1) is 20.8. The van der Waals surface area contributed by atoms with Gasteiger partial charge in [-0.2, -0.15) is 0 Å². The maximum Gasteiger partial charge on any atom is 0.105 e. The molecule has 5 aromatic carbocycles. The predicted molar refractivity (Wildman–Crippen MR) is 176 cm³/mol. The third-order valence-electron chi connectivity index (χ3n) is 8.90. The monoisotopic (exact) mass is 554 g/mol. The average molecular weight is 555 g/mol. The molecular weight excluding hydrogens is 529 g/mol. The molecule has 2 unspecified atom stereocenters. The normalized spacial score (nSPS) is 16.5. The van der Waals surface area contributed by atoms with Crippen LogP contribution in [0.25, 0.3) is 43.6 Å². The van der Waals surface area contributed by atoms with Crippen molar-refractivity contribution in [2.45, 2.75) is 12.0 Å². The number of para-hydroxylation sites is 1. The molecular formula is C39H26N2S. The zero-order chi connectivity index (χ0) is 27.6. The van der Waals surface area contributed by atoms with E-state index in [1.807, 2.05) is 29.7 Å². The number of benzene rings is 5. The summed E-state index contributed by atoms with van der Waals surface area (Å²) in [5.74, 6) is 0.253. The van der Waals surface area contributed by atoms with E-state index in [0.717, 1.165) is 11.3 Å². The highest BCUT2D eigenvalue weighted by Crippen LogP contribution is 2.63. The van der Waals surface area contributed by atoms with E-state index in [0.29, 0.717) is 0 Å². The van der Waals surface area contributed by atoms with Crippen molar-refractivity contribution in [1.82, 2.24) is 4.98 Å². The Morgan fingerprint density at radius 2 is 1.33 bits per heavy atom. The van der Waals surface area contributed by atoms with Crippen LogP contribution in [0.4, 0.5) is 10.7 Å². The molecule has 3 heteroatoms. The zero-order valence-corrected chi connectivity index (χ0v) is 23.6. The highest BCUT2D eigenvalue weighted by Gasteiger charge is 2.46. The highest BCUT2D eigenvalue weighted by molar-refractivity contribution is 7.23. The maximum atomic E-state index is 4.53. The first-order valence-electron chi connectivity index (χ1n) is 14.5. The molecule has 0 N–H and O–H groups in total. The van der Waals surface area contributed by atoms with Crippen molar-refractivity contribution in [3.8, 4) is 33.5 Å². The highest BCUT2D eigenvalue weighted by atomic mass is 32.1. The van der Waals surface area contributed by atoms with Crippen molar-refractivity contribution in [2.75, 3.05) is 4.90 Å². The van der Waals surface area contributed by atoms with Gasteiger partial charge < -0.3 is 4.90 Å². The van der Waals surface area contributed by atoms with Crippen LogP contribution in [0.2, 0.25) is 0 Å². The molecule has 0 aliphatic carbocycles. The Morgan fingerprint density at radius 1 is 0.595 bits per heavy atom. The summed E-state index contributed by atoms with van der Waals surface area (Å²) in [6.45, 7) is 0. The second-order valence-corrected chi connectivity index (χ2v) is 12.2. The Labute approximate surface area is 249 Å². The Hall–Kier alpha value is -4.99. The quantitative estimate of drug-likeness (QED) is 0.216. The average Bonchev–Trinajstić information content (AvgIpc) is 3.62. The predicted octanol–water partition coefficient (Wildman–Crippen LogP) is 10.6. The van der Waals surface area contributed by atoms with Crippen molar-refractivity contribution in [3.05, 3.63) is 162 Å². The van der Waals surface area contributed by atoms with Gasteiger partial charge in [0.1, 0.15) is 5.00 Å². The van der Waals surface area contributed by atoms with Gasteiger partial charge >= 0.3 is 0 Å². The van der Waals surface area contributed by atoms with Gasteiger partial charge in [0.15, 0.2) is 0 Å². The molecule has 0 saturated heterocycles. The van der Waals surface area contributed by atoms with Crippen molar-refractivity contribution in [3.63, 3.8) is 0 Å². The number of anilines is 2. The lowest BCUT2D eigenvalue weighted by Crippen LogP contribution is -2.26. The molecule has 0 fully saturated rings. The molecule has 0 radical (unpaired) electrons. The van der Waals surface area contributed by atoms with Crippen LogP contribution in [0.5, 0.6) is 0 Å². The number of fused-ring (bicyclic) bond motifs is 10. The smallest absolute Gasteiger partial charge is 0.105 e. The molecule has 42 heavy (non-hydrogen) atoms. The number of hydrogen-bond donors (Lipinski definition) is 0. The first-order valence-corrected chi connectivity index (χ1v) is 15.3. The second-order valence-electron chi connectivity index (χ2n) is 11.1. The fourth-order valence-electron chi connectivity index (χ4n) is 7.06. The second kappa shape index (κ2) is 9.27. The maximum absolute atomic E-state index is 4.53. The van der Waals surface area contributed by atoms with Crippen LogP contribution in [0.15, 0.2) is 146 Å². The lowest BCUT2D eigenvalue weighted by molar-refractivity contribution is 0.657. The van der Waals surface area contributed by atoms with Crippen LogP contribution in [0.3, 0.4) is 0 Å². The number of hydrogen-bond acceptors (Lipinski definition) is 3. The van der Waals surface area contributed by atoms with E-state index in [-0.39, 0.29) is 12.0 Å². The minimum absolute atomic E-state index is 0.195. The summed E-state index contributed by atoms with van der Waals surface area (Å²) < 4.78 is 1.33. The molecule has 2 atom stereocenters. The van der Waals surface area contributed by atoms with Crippen molar-refractivity contribution in [2.24, 2.45) is 0 Å². The van der Waals surface area contributed by atoms with E-state index in [1.165, 1.54) is 59.7 Å². The number of thiophene rings is 1. The minimum Gasteiger partial charge on any atom is -0.324 e. The lowest BCUT2D eigenvalue weighted by atomic mass is 9.79. The van der Waals surface area contributed by atoms with Gasteiger partial charge in [0.25, 0.3) is 0 Å². The van der Waals surface area contributed by atoms with E-state index in [9.17, 15) is 0 Å². The summed E-state index contributed by atoms with van der Waals surface area (Å²) in [5.41, 5.74) is 12.8. The summed E-state index contributed by atoms with van der Waals surface area (Å²) in [5, 5.41) is 2.68. The fraction of sp³-hybridized carbons (Fsp3) is 0.0513. The molecule has 4 heterocycles. The number of rotatable bonds is 3. The van der Waals surface area contributed by atoms with Gasteiger partial charge in [-0.05, 0) is 63.7 Å². The molecule has 2 aliphatic heterocycles. The Kier molecular flexibility index (Phi) is 5.23. The molecule has 2 nitrogen and oxygen atoms in total. The van der Waals surface area contributed by atoms with Crippen LogP contribution in [0, 0.1) is 0 Å². The molecule has 2 aliphatic rings. The topological polar surface area (TPSA) is 16.1 Å². The van der Waals surface area contributed by atoms with Crippen molar-refractivity contribution in [1.29, 1.82) is 0 Å². The van der Waals surface area contributed by atoms with Crippen molar-refractivity contribution >= 4 is 32.1 Å². The van der Waals surface area contributed by atoms with Gasteiger partial charge in [0.2, 0.25) is 0 Å². The molecule has 0 saturated carbocycles. The minimum atomic E-state index is 0.195. The Bertz CT molecular complexity index is 2100. The van der Waals surface area contributed by atoms with Crippen LogP contribution in [-0.2, 0) is 0 Å². The Morgan fingerprint density at radius 3 is 2.19 bits per heavy atom. The van der Waals surface area contributed by atoms with Gasteiger partial charge in [-0.25, -0.2) is 0 Å². The molecule has 198 valence electrons. The molecule has 2 aromatic heterocycles. The van der Waals surface area contributed by atoms with E-state index < -0.39 is 0 Å². The van der Waals surface area contributed by atoms with E-state index in [4.69, 9.17) is 0 Å². The number of pyridine rings is 1. The molecule has 0 amide bonds. The molecule has 9 rings (SSSR count). The van der Waals surface area contributed by atoms with Gasteiger partial charge in [-0.15, -0.1) is 11.3 Å². The van der Waals surface area contributed by atoms with Gasteiger partial charge in [0, 0.05) is 39.0 Å². The summed E-state index contributed by atoms with van der Waals surface area (Å²) in [6, 6.07) is 51.2. The molecule has 0 bridgehead atoms. The summed E-state index contributed by atoms with van der Waals surface area (Å²) in [4.78, 5) is 7.17. The third kappa shape index (κ3) is 3.47. The van der Waals surface area contributed by atoms with E-state index in [1.54, 1.807) is 0 Å². The van der Waals surface area contributed by atoms with E-state index >= 15 is 0 Å². The summed E-state index contributed by atoms with van der Waals surface area (Å²) >= 11 is 1.92. The van der Waals surface area contributed by atoms with Crippen LogP contribution < -0.4 is 4.90 Å². The van der Waals surface area contributed by atoms with Crippen molar-refractivity contribution < 1.29 is 0 Å². The largest absolute Gasteiger partial charge is 0.324 e. The van der Waals surface area contributed by atoms with Crippen LogP contribution in [-0.4, -0.2) is 4.98 Å². The third-order valence-corrected chi connectivity index (χ3v) is 10.1. The SMILES string of the molecule is c1ccc(C2c3ccccc3N3c4sc5ccccc5c4-c4cc(-c5ccc(-c6ccccn6)cc5)ccc4C23)cc1. The molecule has 7 aromatic rings. The standard InChI is InChI=1S/C39H26N2S/c1-2-10-27(11-3-1)36-30-12-4-6-15-34(30)41-38(36)29-22-21-28(25-17-19-26(20-18-25)33-14-8-9-23-40-33)24-32(29)37-31-13-5-7-16-35(31)42-39(37)41/h1-24,36,38H. The summed E-state index contributed by atoms with van der Waals surface area (Å²) in [7, 11) is 0. The fourth-order valence-corrected chi connectivity index (χ4v) is 8.32. The zero-order valence-electron chi connectivity index (χ0n) is 22.8. The number of nitrogens with zero attached hydrogens (tertiary/aromatic N) is 2. The first kappa shape index (κ1) is 23.7. The molecule has 0 spiro atoms. The van der Waals surface area contributed by atoms with Gasteiger partial charge in [-0.1, -0.05) is 109 Å². The number of aromatic nitrogens is 1. The summed E-state index contributed by atoms with van der Waals surface area (Å²) in [6.07, 6.45) is 1.85. The van der Waals surface area contributed by atoms with Crippen LogP contribution >= 0.6 is 11.3 Å². The van der Waals surface area contributed by atoms with Crippen LogP contribution in [0.1, 0.15) is 28.7 Å². The van der Waals surface area contributed by atoms with E-state index in [2.05, 4.69) is 137 Å². The lowest BCUT2D eigenvalue weighted by Gasteiger charge is -2.36. The van der Waals surface area contributed by atoms with Gasteiger partial charge in [-0.3, -0.25) is 4.98 Å².